The molecule has 2 rings (SSSR count). The lowest BCUT2D eigenvalue weighted by atomic mass is 9.99. The molecule has 0 N–H and O–H groups in total. The lowest BCUT2D eigenvalue weighted by Crippen LogP contribution is -2.17. The largest absolute Gasteiger partial charge is 0.468 e. The van der Waals surface area contributed by atoms with E-state index in [1.54, 1.807) is 18.3 Å². The van der Waals surface area contributed by atoms with Gasteiger partial charge in [-0.1, -0.05) is 42.5 Å². The van der Waals surface area contributed by atoms with E-state index in [4.69, 9.17) is 4.74 Å². The molecule has 3 nitrogen and oxygen atoms in total. The van der Waals surface area contributed by atoms with E-state index < -0.39 is 5.92 Å². The van der Waals surface area contributed by atoms with Gasteiger partial charge >= 0.3 is 5.97 Å². The molecular weight excluding hydrogens is 269 g/mol. The molecule has 0 radical (unpaired) electrons. The maximum absolute atomic E-state index is 13.0. The number of hydrogen-bond acceptors (Lipinski definition) is 3. The molecule has 0 fully saturated rings. The Kier molecular flexibility index (Phi) is 5.21. The van der Waals surface area contributed by atoms with Crippen LogP contribution in [0.5, 0.6) is 0 Å². The number of halogens is 1. The van der Waals surface area contributed by atoms with Gasteiger partial charge in [0.1, 0.15) is 11.7 Å². The summed E-state index contributed by atoms with van der Waals surface area (Å²) in [5.74, 6) is -1.25. The molecule has 0 bridgehead atoms. The van der Waals surface area contributed by atoms with Crippen LogP contribution in [-0.2, 0) is 9.53 Å². The Balaban J connectivity index is 2.12. The third-order valence-electron chi connectivity index (χ3n) is 3.09. The zero-order chi connectivity index (χ0) is 15.1. The number of rotatable bonds is 5. The van der Waals surface area contributed by atoms with Crippen LogP contribution < -0.4 is 0 Å². The molecule has 0 aliphatic carbocycles. The van der Waals surface area contributed by atoms with Gasteiger partial charge in [0.2, 0.25) is 0 Å². The van der Waals surface area contributed by atoms with E-state index in [1.165, 1.54) is 19.2 Å². The molecule has 21 heavy (non-hydrogen) atoms. The first-order valence-electron chi connectivity index (χ1n) is 6.59. The van der Waals surface area contributed by atoms with Gasteiger partial charge in [-0.3, -0.25) is 9.79 Å². The number of carbonyl (C=O) groups excluding carboxylic acids is 1. The minimum atomic E-state index is -0.532. The molecule has 0 amide bonds. The lowest BCUT2D eigenvalue weighted by Gasteiger charge is -2.12. The monoisotopic (exact) mass is 285 g/mol. The predicted molar refractivity (Wildman–Crippen MR) is 80.1 cm³/mol. The Morgan fingerprint density at radius 1 is 1.19 bits per heavy atom. The highest BCUT2D eigenvalue weighted by Crippen LogP contribution is 2.18. The number of esters is 1. The highest BCUT2D eigenvalue weighted by Gasteiger charge is 2.20. The van der Waals surface area contributed by atoms with Crippen molar-refractivity contribution in [1.82, 2.24) is 0 Å². The van der Waals surface area contributed by atoms with Crippen molar-refractivity contribution in [3.63, 3.8) is 0 Å². The topological polar surface area (TPSA) is 38.7 Å². The average Bonchev–Trinajstić information content (AvgIpc) is 2.53. The summed E-state index contributed by atoms with van der Waals surface area (Å²) in [5, 5.41) is 0. The Labute approximate surface area is 123 Å². The number of benzene rings is 2. The van der Waals surface area contributed by atoms with Crippen LogP contribution in [0, 0.1) is 5.82 Å². The van der Waals surface area contributed by atoms with E-state index in [1.807, 2.05) is 30.3 Å². The summed E-state index contributed by atoms with van der Waals surface area (Å²) in [6.07, 6.45) is 1.71. The first-order chi connectivity index (χ1) is 10.2. The fourth-order valence-corrected chi connectivity index (χ4v) is 1.96. The summed E-state index contributed by atoms with van der Waals surface area (Å²) < 4.78 is 17.8. The SMILES string of the molecule is COC(=O)C(CN=Cc1ccccc1)c1ccc(F)cc1. The number of carbonyl (C=O) groups is 1. The molecular formula is C17H16FNO2. The molecule has 108 valence electrons. The van der Waals surface area contributed by atoms with Crippen molar-refractivity contribution in [1.29, 1.82) is 0 Å². The second kappa shape index (κ2) is 7.33. The summed E-state index contributed by atoms with van der Waals surface area (Å²) in [7, 11) is 1.33. The molecule has 1 unspecified atom stereocenters. The van der Waals surface area contributed by atoms with Gasteiger partial charge in [0, 0.05) is 6.21 Å². The number of hydrogen-bond donors (Lipinski definition) is 0. The zero-order valence-corrected chi connectivity index (χ0v) is 11.7. The first kappa shape index (κ1) is 14.9. The molecule has 2 aromatic rings. The van der Waals surface area contributed by atoms with Gasteiger partial charge < -0.3 is 4.74 Å². The molecule has 0 saturated heterocycles. The van der Waals surface area contributed by atoms with E-state index in [0.29, 0.717) is 5.56 Å². The van der Waals surface area contributed by atoms with E-state index in [0.717, 1.165) is 5.56 Å². The summed E-state index contributed by atoms with van der Waals surface area (Å²) >= 11 is 0. The van der Waals surface area contributed by atoms with Crippen molar-refractivity contribution >= 4 is 12.2 Å². The number of aliphatic imine (C=N–C) groups is 1. The highest BCUT2D eigenvalue weighted by atomic mass is 19.1. The molecule has 0 saturated carbocycles. The number of methoxy groups -OCH3 is 1. The molecule has 0 aromatic heterocycles. The fraction of sp³-hybridized carbons (Fsp3) is 0.176. The van der Waals surface area contributed by atoms with Gasteiger partial charge in [-0.15, -0.1) is 0 Å². The summed E-state index contributed by atoms with van der Waals surface area (Å²) in [6, 6.07) is 15.4. The van der Waals surface area contributed by atoms with Crippen LogP contribution in [0.2, 0.25) is 0 Å². The quantitative estimate of drug-likeness (QED) is 0.625. The van der Waals surface area contributed by atoms with Crippen LogP contribution in [0.3, 0.4) is 0 Å². The summed E-state index contributed by atoms with van der Waals surface area (Å²) in [4.78, 5) is 16.1. The van der Waals surface area contributed by atoms with Crippen molar-refractivity contribution in [2.45, 2.75) is 5.92 Å². The van der Waals surface area contributed by atoms with E-state index >= 15 is 0 Å². The van der Waals surface area contributed by atoms with Gasteiger partial charge in [0.15, 0.2) is 0 Å². The van der Waals surface area contributed by atoms with Crippen molar-refractivity contribution in [2.24, 2.45) is 4.99 Å². The van der Waals surface area contributed by atoms with Crippen LogP contribution >= 0.6 is 0 Å². The van der Waals surface area contributed by atoms with E-state index in [2.05, 4.69) is 4.99 Å². The minimum Gasteiger partial charge on any atom is -0.468 e. The van der Waals surface area contributed by atoms with Gasteiger partial charge in [0.05, 0.1) is 13.7 Å². The fourth-order valence-electron chi connectivity index (χ4n) is 1.96. The zero-order valence-electron chi connectivity index (χ0n) is 11.7. The Hall–Kier alpha value is -2.49. The van der Waals surface area contributed by atoms with E-state index in [-0.39, 0.29) is 18.3 Å². The average molecular weight is 285 g/mol. The van der Waals surface area contributed by atoms with Crippen LogP contribution in [0.1, 0.15) is 17.0 Å². The van der Waals surface area contributed by atoms with Crippen LogP contribution in [0.15, 0.2) is 59.6 Å². The molecule has 0 spiro atoms. The van der Waals surface area contributed by atoms with Crippen molar-refractivity contribution in [2.75, 3.05) is 13.7 Å². The van der Waals surface area contributed by atoms with Gasteiger partial charge in [0.25, 0.3) is 0 Å². The third kappa shape index (κ3) is 4.24. The van der Waals surface area contributed by atoms with Crippen LogP contribution in [0.4, 0.5) is 4.39 Å². The van der Waals surface area contributed by atoms with Crippen LogP contribution in [0.25, 0.3) is 0 Å². The normalized spacial score (nSPS) is 12.3. The molecule has 0 heterocycles. The standard InChI is InChI=1S/C17H16FNO2/c1-21-17(20)16(14-7-9-15(18)10-8-14)12-19-11-13-5-3-2-4-6-13/h2-11,16H,12H2,1H3. The second-order valence-electron chi connectivity index (χ2n) is 4.53. The lowest BCUT2D eigenvalue weighted by molar-refractivity contribution is -0.142. The Bertz CT molecular complexity index is 608. The molecule has 0 aliphatic rings. The molecule has 2 aromatic carbocycles. The first-order valence-corrected chi connectivity index (χ1v) is 6.59. The van der Waals surface area contributed by atoms with Crippen molar-refractivity contribution < 1.29 is 13.9 Å². The summed E-state index contributed by atoms with van der Waals surface area (Å²) in [5.41, 5.74) is 1.65. The molecule has 0 aliphatic heterocycles. The van der Waals surface area contributed by atoms with Gasteiger partial charge in [-0.2, -0.15) is 0 Å². The Morgan fingerprint density at radius 2 is 1.86 bits per heavy atom. The maximum atomic E-state index is 13.0. The van der Waals surface area contributed by atoms with Gasteiger partial charge in [-0.25, -0.2) is 4.39 Å². The summed E-state index contributed by atoms with van der Waals surface area (Å²) in [6.45, 7) is 0.257. The molecule has 4 heteroatoms. The minimum absolute atomic E-state index is 0.257. The number of ether oxygens (including phenoxy) is 1. The highest BCUT2D eigenvalue weighted by molar-refractivity contribution is 5.81. The van der Waals surface area contributed by atoms with Gasteiger partial charge in [-0.05, 0) is 23.3 Å². The predicted octanol–water partition coefficient (Wildman–Crippen LogP) is 3.20. The van der Waals surface area contributed by atoms with Crippen LogP contribution in [-0.4, -0.2) is 25.8 Å². The maximum Gasteiger partial charge on any atom is 0.315 e. The third-order valence-corrected chi connectivity index (χ3v) is 3.09. The van der Waals surface area contributed by atoms with Crippen molar-refractivity contribution in [3.8, 4) is 0 Å². The second-order valence-corrected chi connectivity index (χ2v) is 4.53. The van der Waals surface area contributed by atoms with E-state index in [9.17, 15) is 9.18 Å². The van der Waals surface area contributed by atoms with Crippen molar-refractivity contribution in [3.05, 3.63) is 71.5 Å². The number of nitrogens with zero attached hydrogens (tertiary/aromatic N) is 1. The Morgan fingerprint density at radius 3 is 2.48 bits per heavy atom. The smallest absolute Gasteiger partial charge is 0.315 e. The molecule has 1 atom stereocenters.